The highest BCUT2D eigenvalue weighted by atomic mass is 15.2. The van der Waals surface area contributed by atoms with Gasteiger partial charge < -0.3 is 9.80 Å². The molecule has 5 rings (SSSR count). The number of piperazine rings is 1. The summed E-state index contributed by atoms with van der Waals surface area (Å²) in [5.74, 6) is 1.26. The fourth-order valence-electron chi connectivity index (χ4n) is 4.49. The van der Waals surface area contributed by atoms with E-state index in [4.69, 9.17) is 5.73 Å². The number of aromatic nitrogens is 3. The lowest BCUT2D eigenvalue weighted by Gasteiger charge is -2.34. The maximum Gasteiger partial charge on any atom is 0.270 e. The van der Waals surface area contributed by atoms with Gasteiger partial charge in [-0.3, -0.25) is 10.8 Å². The third kappa shape index (κ3) is 4.66. The van der Waals surface area contributed by atoms with E-state index in [2.05, 4.69) is 80.6 Å². The molecular weight excluding hydrogens is 396 g/mol. The molecule has 6 heteroatoms. The van der Waals surface area contributed by atoms with Crippen molar-refractivity contribution in [1.29, 1.82) is 0 Å². The van der Waals surface area contributed by atoms with Crippen molar-refractivity contribution in [3.05, 3.63) is 72.1 Å². The first-order valence-electron chi connectivity index (χ1n) is 11.4. The number of hydrogen-bond donors (Lipinski definition) is 2. The maximum absolute atomic E-state index is 5.88. The van der Waals surface area contributed by atoms with Gasteiger partial charge in [0.05, 0.1) is 17.4 Å². The molecule has 6 nitrogen and oxygen atoms in total. The number of pyridine rings is 1. The minimum atomic E-state index is 0.616. The van der Waals surface area contributed by atoms with Crippen LogP contribution in [0.25, 0.3) is 28.1 Å². The van der Waals surface area contributed by atoms with Gasteiger partial charge >= 0.3 is 0 Å². The standard InChI is InChI=1S/C26H30N6/c1-31-12-14-32(15-13-31)18-20-4-2-19(3-5-20)6-9-24-23-8-7-21(16-25(23)30-29-24)22-10-11-28-26(27)17-22/h2-4,6-11,16-17,20H,5,12-15,18H2,1H3,(H2,27,28)(H,29,30)/p+1/b9-6+. The lowest BCUT2D eigenvalue weighted by atomic mass is 9.95. The summed E-state index contributed by atoms with van der Waals surface area (Å²) in [6, 6.07) is 10.3. The molecule has 1 unspecified atom stereocenters. The summed E-state index contributed by atoms with van der Waals surface area (Å²) < 4.78 is 0. The van der Waals surface area contributed by atoms with Crippen molar-refractivity contribution in [3.63, 3.8) is 0 Å². The quantitative estimate of drug-likeness (QED) is 0.655. The number of benzene rings is 1. The summed E-state index contributed by atoms with van der Waals surface area (Å²) in [4.78, 5) is 7.99. The van der Waals surface area contributed by atoms with Crippen molar-refractivity contribution in [2.24, 2.45) is 5.92 Å². The second kappa shape index (κ2) is 9.10. The summed E-state index contributed by atoms with van der Waals surface area (Å²) in [5, 5.41) is 8.81. The molecular formula is C26H31N6+. The number of fused-ring (bicyclic) bond motifs is 1. The normalized spacial score (nSPS) is 20.3. The molecule has 1 atom stereocenters. The van der Waals surface area contributed by atoms with Crippen LogP contribution in [0.4, 0.5) is 5.82 Å². The molecule has 0 amide bonds. The van der Waals surface area contributed by atoms with Crippen molar-refractivity contribution in [3.8, 4) is 11.1 Å². The molecule has 164 valence electrons. The predicted molar refractivity (Wildman–Crippen MR) is 131 cm³/mol. The first kappa shape index (κ1) is 20.7. The van der Waals surface area contributed by atoms with Crippen LogP contribution in [-0.4, -0.2) is 59.8 Å². The Labute approximate surface area is 189 Å². The van der Waals surface area contributed by atoms with Gasteiger partial charge in [-0.05, 0) is 60.4 Å². The number of hydrogen-bond acceptors (Lipinski definition) is 4. The number of nitrogens with zero attached hydrogens (tertiary/aromatic N) is 3. The SMILES string of the molecule is CN1CCN(CC2C=CC(/C=C/c3n[nH]c4cc(-c5cc[nH+]c(N)c5)ccc34)=CC2)CC1. The van der Waals surface area contributed by atoms with Crippen LogP contribution in [0.15, 0.2) is 66.4 Å². The Morgan fingerprint density at radius 3 is 2.75 bits per heavy atom. The minimum absolute atomic E-state index is 0.616. The molecule has 1 aliphatic heterocycles. The Bertz CT molecular complexity index is 1180. The van der Waals surface area contributed by atoms with E-state index in [1.807, 2.05) is 18.3 Å². The molecule has 3 aromatic rings. The van der Waals surface area contributed by atoms with Gasteiger partial charge in [0, 0.05) is 44.2 Å². The number of H-pyrrole nitrogens is 2. The van der Waals surface area contributed by atoms with E-state index >= 15 is 0 Å². The van der Waals surface area contributed by atoms with Crippen LogP contribution >= 0.6 is 0 Å². The first-order valence-corrected chi connectivity index (χ1v) is 11.4. The van der Waals surface area contributed by atoms with Crippen LogP contribution in [-0.2, 0) is 0 Å². The monoisotopic (exact) mass is 427 g/mol. The Balaban J connectivity index is 1.23. The van der Waals surface area contributed by atoms with Gasteiger partial charge in [0.15, 0.2) is 0 Å². The van der Waals surface area contributed by atoms with E-state index in [0.717, 1.165) is 40.7 Å². The van der Waals surface area contributed by atoms with Gasteiger partial charge in [-0.25, -0.2) is 4.98 Å². The first-order chi connectivity index (χ1) is 15.6. The molecule has 0 saturated carbocycles. The van der Waals surface area contributed by atoms with Gasteiger partial charge in [0.1, 0.15) is 0 Å². The zero-order valence-corrected chi connectivity index (χ0v) is 18.6. The van der Waals surface area contributed by atoms with Gasteiger partial charge in [-0.1, -0.05) is 30.4 Å². The van der Waals surface area contributed by atoms with Gasteiger partial charge in [0.2, 0.25) is 0 Å². The van der Waals surface area contributed by atoms with Gasteiger partial charge in [-0.15, -0.1) is 0 Å². The molecule has 1 saturated heterocycles. The Morgan fingerprint density at radius 1 is 1.12 bits per heavy atom. The second-order valence-corrected chi connectivity index (χ2v) is 8.90. The average Bonchev–Trinajstić information content (AvgIpc) is 3.22. The highest BCUT2D eigenvalue weighted by Crippen LogP contribution is 2.26. The van der Waals surface area contributed by atoms with E-state index in [1.165, 1.54) is 31.8 Å². The third-order valence-corrected chi connectivity index (χ3v) is 6.49. The van der Waals surface area contributed by atoms with Crippen LogP contribution in [0.1, 0.15) is 12.1 Å². The summed E-state index contributed by atoms with van der Waals surface area (Å²) in [7, 11) is 2.21. The summed E-state index contributed by atoms with van der Waals surface area (Å²) >= 11 is 0. The fraction of sp³-hybridized carbons (Fsp3) is 0.308. The molecule has 1 fully saturated rings. The summed E-state index contributed by atoms with van der Waals surface area (Å²) in [6.07, 6.45) is 14.2. The number of nitrogens with two attached hydrogens (primary N) is 1. The Hall–Kier alpha value is -3.22. The molecule has 0 radical (unpaired) electrons. The number of nitrogen functional groups attached to an aromatic ring is 1. The zero-order chi connectivity index (χ0) is 21.9. The number of rotatable bonds is 5. The second-order valence-electron chi connectivity index (χ2n) is 8.90. The number of allylic oxidation sites excluding steroid dienone is 4. The topological polar surface area (TPSA) is 75.3 Å². The van der Waals surface area contributed by atoms with E-state index in [1.54, 1.807) is 0 Å². The maximum atomic E-state index is 5.88. The molecule has 1 aromatic carbocycles. The third-order valence-electron chi connectivity index (χ3n) is 6.49. The molecule has 32 heavy (non-hydrogen) atoms. The number of likely N-dealkylation sites (N-methyl/N-ethyl adjacent to an activating group) is 1. The molecule has 2 aromatic heterocycles. The van der Waals surface area contributed by atoms with Crippen molar-refractivity contribution >= 4 is 22.8 Å². The van der Waals surface area contributed by atoms with Crippen molar-refractivity contribution in [2.75, 3.05) is 45.5 Å². The van der Waals surface area contributed by atoms with Crippen LogP contribution in [0.3, 0.4) is 0 Å². The number of anilines is 1. The van der Waals surface area contributed by atoms with E-state index in [-0.39, 0.29) is 0 Å². The van der Waals surface area contributed by atoms with Gasteiger partial charge in [0.25, 0.3) is 5.82 Å². The van der Waals surface area contributed by atoms with E-state index in [0.29, 0.717) is 11.7 Å². The number of aromatic amines is 2. The molecule has 1 aliphatic carbocycles. The number of nitrogens with one attached hydrogen (secondary N) is 2. The molecule has 2 aliphatic rings. The Morgan fingerprint density at radius 2 is 1.97 bits per heavy atom. The van der Waals surface area contributed by atoms with Crippen LogP contribution in [0, 0.1) is 5.92 Å². The molecule has 0 bridgehead atoms. The fourth-order valence-corrected chi connectivity index (χ4v) is 4.49. The summed E-state index contributed by atoms with van der Waals surface area (Å²) in [6.45, 7) is 5.88. The van der Waals surface area contributed by atoms with Crippen molar-refractivity contribution < 1.29 is 4.98 Å². The lowest BCUT2D eigenvalue weighted by molar-refractivity contribution is -0.360. The van der Waals surface area contributed by atoms with E-state index in [9.17, 15) is 0 Å². The van der Waals surface area contributed by atoms with Crippen molar-refractivity contribution in [1.82, 2.24) is 20.0 Å². The largest absolute Gasteiger partial charge is 0.304 e. The van der Waals surface area contributed by atoms with Crippen LogP contribution < -0.4 is 10.7 Å². The predicted octanol–water partition coefficient (Wildman–Crippen LogP) is 3.39. The smallest absolute Gasteiger partial charge is 0.270 e. The highest BCUT2D eigenvalue weighted by molar-refractivity contribution is 5.90. The van der Waals surface area contributed by atoms with Crippen LogP contribution in [0.2, 0.25) is 0 Å². The molecule has 4 N–H and O–H groups in total. The highest BCUT2D eigenvalue weighted by Gasteiger charge is 2.17. The average molecular weight is 428 g/mol. The van der Waals surface area contributed by atoms with Crippen LogP contribution in [0.5, 0.6) is 0 Å². The van der Waals surface area contributed by atoms with Crippen molar-refractivity contribution in [2.45, 2.75) is 6.42 Å². The zero-order valence-electron chi connectivity index (χ0n) is 18.6. The lowest BCUT2D eigenvalue weighted by Crippen LogP contribution is -2.45. The van der Waals surface area contributed by atoms with E-state index < -0.39 is 0 Å². The Kier molecular flexibility index (Phi) is 5.88. The molecule has 3 heterocycles. The molecule has 0 spiro atoms. The summed E-state index contributed by atoms with van der Waals surface area (Å²) in [5.41, 5.74) is 11.3. The van der Waals surface area contributed by atoms with Gasteiger partial charge in [-0.2, -0.15) is 5.10 Å². The minimum Gasteiger partial charge on any atom is -0.304 e.